The maximum Gasteiger partial charge on any atom is 0.226 e. The number of likely N-dealkylation sites (tertiary alicyclic amines) is 1. The Kier molecular flexibility index (Phi) is 5.41. The van der Waals surface area contributed by atoms with E-state index in [-0.39, 0.29) is 5.92 Å². The summed E-state index contributed by atoms with van der Waals surface area (Å²) < 4.78 is 0. The zero-order chi connectivity index (χ0) is 23.2. The van der Waals surface area contributed by atoms with Crippen molar-refractivity contribution in [2.45, 2.75) is 38.1 Å². The molecule has 1 fully saturated rings. The number of carbonyl (C=O) groups excluding carboxylic acids is 1. The lowest BCUT2D eigenvalue weighted by molar-refractivity contribution is -0.137. The predicted octanol–water partition coefficient (Wildman–Crippen LogP) is 3.36. The minimum absolute atomic E-state index is 0.0611. The van der Waals surface area contributed by atoms with Gasteiger partial charge in [-0.3, -0.25) is 9.89 Å². The molecule has 1 aliphatic carbocycles. The highest BCUT2D eigenvalue weighted by Gasteiger charge is 2.33. The smallest absolute Gasteiger partial charge is 0.226 e. The molecule has 1 aliphatic heterocycles. The molecule has 1 atom stereocenters. The standard InChI is InChI=1S/C24H28N8OS/c1-31(2)16-5-7-32(8-6-16)24(33)14-3-4-17-19(9-14)34-23-21(17)22(26-13-27-23)29-20-10-15-11-28-30-18(15)12-25-20/h10-14,16H,3-9H2,1-2H3,(H,28,30)(H,25,26,27,29)/t14-/m0/s1. The zero-order valence-electron chi connectivity index (χ0n) is 19.4. The molecular formula is C24H28N8OS. The summed E-state index contributed by atoms with van der Waals surface area (Å²) in [6, 6.07) is 2.54. The first kappa shape index (κ1) is 21.4. The van der Waals surface area contributed by atoms with Gasteiger partial charge < -0.3 is 15.1 Å². The number of H-pyrrole nitrogens is 1. The zero-order valence-corrected chi connectivity index (χ0v) is 20.2. The van der Waals surface area contributed by atoms with Crippen LogP contribution in [0.15, 0.2) is 24.8 Å². The highest BCUT2D eigenvalue weighted by Crippen LogP contribution is 2.41. The Morgan fingerprint density at radius 2 is 2.03 bits per heavy atom. The Balaban J connectivity index is 1.22. The van der Waals surface area contributed by atoms with Crippen molar-refractivity contribution in [3.63, 3.8) is 0 Å². The summed E-state index contributed by atoms with van der Waals surface area (Å²) in [6.45, 7) is 1.73. The van der Waals surface area contributed by atoms with Gasteiger partial charge in [-0.1, -0.05) is 0 Å². The molecule has 0 unspecified atom stereocenters. The fraction of sp³-hybridized carbons (Fsp3) is 0.458. The largest absolute Gasteiger partial charge is 0.342 e. The second-order valence-corrected chi connectivity index (χ2v) is 10.6. The first-order valence-corrected chi connectivity index (χ1v) is 12.6. The minimum Gasteiger partial charge on any atom is -0.342 e. The summed E-state index contributed by atoms with van der Waals surface area (Å²) in [5, 5.41) is 12.4. The molecule has 6 rings (SSSR count). The number of anilines is 2. The minimum atomic E-state index is 0.0611. The third-order valence-electron chi connectivity index (χ3n) is 7.27. The maximum atomic E-state index is 13.3. The van der Waals surface area contributed by atoms with Crippen molar-refractivity contribution in [2.75, 3.05) is 32.5 Å². The lowest BCUT2D eigenvalue weighted by Gasteiger charge is -2.37. The van der Waals surface area contributed by atoms with Crippen LogP contribution >= 0.6 is 11.3 Å². The maximum absolute atomic E-state index is 13.3. The van der Waals surface area contributed by atoms with Crippen LogP contribution in [0.25, 0.3) is 21.1 Å². The van der Waals surface area contributed by atoms with E-state index < -0.39 is 0 Å². The van der Waals surface area contributed by atoms with Crippen molar-refractivity contribution >= 4 is 50.0 Å². The Morgan fingerprint density at radius 1 is 1.18 bits per heavy atom. The van der Waals surface area contributed by atoms with Gasteiger partial charge in [0.25, 0.3) is 0 Å². The molecule has 2 aliphatic rings. The Hall–Kier alpha value is -3.11. The topological polar surface area (TPSA) is 103 Å². The number of hydrogen-bond donors (Lipinski definition) is 2. The first-order chi connectivity index (χ1) is 16.6. The van der Waals surface area contributed by atoms with E-state index in [2.05, 4.69) is 54.4 Å². The van der Waals surface area contributed by atoms with Gasteiger partial charge in [-0.25, -0.2) is 15.0 Å². The number of hydrogen-bond acceptors (Lipinski definition) is 8. The predicted molar refractivity (Wildman–Crippen MR) is 133 cm³/mol. The number of pyridine rings is 1. The fourth-order valence-electron chi connectivity index (χ4n) is 5.31. The number of piperidine rings is 1. The number of aromatic nitrogens is 5. The number of fused-ring (bicyclic) bond motifs is 4. The molecule has 1 saturated heterocycles. The van der Waals surface area contributed by atoms with Crippen LogP contribution in [0.2, 0.25) is 0 Å². The van der Waals surface area contributed by atoms with Crippen molar-refractivity contribution in [3.05, 3.63) is 35.2 Å². The van der Waals surface area contributed by atoms with Gasteiger partial charge in [0.15, 0.2) is 0 Å². The van der Waals surface area contributed by atoms with Gasteiger partial charge in [-0.15, -0.1) is 11.3 Å². The highest BCUT2D eigenvalue weighted by molar-refractivity contribution is 7.19. The van der Waals surface area contributed by atoms with Crippen molar-refractivity contribution in [1.29, 1.82) is 0 Å². The molecule has 0 radical (unpaired) electrons. The number of aryl methyl sites for hydroxylation is 1. The molecule has 0 bridgehead atoms. The van der Waals surface area contributed by atoms with Crippen LogP contribution in [0.3, 0.4) is 0 Å². The van der Waals surface area contributed by atoms with Crippen LogP contribution in [0.5, 0.6) is 0 Å². The number of nitrogens with one attached hydrogen (secondary N) is 2. The molecule has 0 spiro atoms. The molecule has 4 aromatic rings. The highest BCUT2D eigenvalue weighted by atomic mass is 32.1. The first-order valence-electron chi connectivity index (χ1n) is 11.8. The quantitative estimate of drug-likeness (QED) is 0.465. The Morgan fingerprint density at radius 3 is 2.85 bits per heavy atom. The van der Waals surface area contributed by atoms with E-state index in [1.54, 1.807) is 30.1 Å². The van der Waals surface area contributed by atoms with Crippen molar-refractivity contribution in [2.24, 2.45) is 5.92 Å². The van der Waals surface area contributed by atoms with E-state index in [1.807, 2.05) is 6.07 Å². The van der Waals surface area contributed by atoms with E-state index in [4.69, 9.17) is 0 Å². The van der Waals surface area contributed by atoms with Gasteiger partial charge in [0, 0.05) is 35.3 Å². The van der Waals surface area contributed by atoms with E-state index in [0.29, 0.717) is 11.9 Å². The molecule has 0 saturated carbocycles. The normalized spacial score (nSPS) is 19.1. The third kappa shape index (κ3) is 3.80. The van der Waals surface area contributed by atoms with Crippen molar-refractivity contribution < 1.29 is 4.79 Å². The van der Waals surface area contributed by atoms with Crippen LogP contribution < -0.4 is 5.32 Å². The average Bonchev–Trinajstić information content (AvgIpc) is 3.47. The molecule has 4 aromatic heterocycles. The number of carbonyl (C=O) groups is 1. The number of thiophene rings is 1. The van der Waals surface area contributed by atoms with Crippen LogP contribution in [-0.4, -0.2) is 74.1 Å². The van der Waals surface area contributed by atoms with Crippen LogP contribution in [-0.2, 0) is 17.6 Å². The number of nitrogens with zero attached hydrogens (tertiary/aromatic N) is 6. The second-order valence-electron chi connectivity index (χ2n) is 9.52. The molecule has 9 nitrogen and oxygen atoms in total. The molecule has 10 heteroatoms. The van der Waals surface area contributed by atoms with Gasteiger partial charge in [0.05, 0.1) is 23.3 Å². The molecular weight excluding hydrogens is 448 g/mol. The third-order valence-corrected chi connectivity index (χ3v) is 8.43. The Labute approximate surface area is 201 Å². The molecule has 5 heterocycles. The number of amides is 1. The molecule has 2 N–H and O–H groups in total. The molecule has 1 amide bonds. The summed E-state index contributed by atoms with van der Waals surface area (Å²) in [5.41, 5.74) is 2.18. The van der Waals surface area contributed by atoms with Crippen molar-refractivity contribution in [1.82, 2.24) is 34.9 Å². The molecule has 0 aromatic carbocycles. The summed E-state index contributed by atoms with van der Waals surface area (Å²) in [7, 11) is 4.26. The summed E-state index contributed by atoms with van der Waals surface area (Å²) in [4.78, 5) is 33.5. The van der Waals surface area contributed by atoms with Gasteiger partial charge in [-0.05, 0) is 57.8 Å². The SMILES string of the molecule is CN(C)C1CCN(C(=O)[C@H]2CCc3c(sc4ncnc(Nc5cc6cn[nH]c6cn5)c34)C2)CC1. The molecule has 34 heavy (non-hydrogen) atoms. The average molecular weight is 477 g/mol. The number of aromatic amines is 1. The number of rotatable bonds is 4. The second kappa shape index (κ2) is 8.59. The summed E-state index contributed by atoms with van der Waals surface area (Å²) >= 11 is 1.70. The lowest BCUT2D eigenvalue weighted by atomic mass is 9.86. The van der Waals surface area contributed by atoms with Gasteiger partial charge >= 0.3 is 0 Å². The van der Waals surface area contributed by atoms with E-state index in [9.17, 15) is 4.79 Å². The van der Waals surface area contributed by atoms with E-state index in [1.165, 1.54) is 10.4 Å². The van der Waals surface area contributed by atoms with Gasteiger partial charge in [-0.2, -0.15) is 5.10 Å². The van der Waals surface area contributed by atoms with Crippen LogP contribution in [0.4, 0.5) is 11.6 Å². The summed E-state index contributed by atoms with van der Waals surface area (Å²) in [6.07, 6.45) is 9.80. The van der Waals surface area contributed by atoms with E-state index in [0.717, 1.165) is 77.9 Å². The van der Waals surface area contributed by atoms with Crippen LogP contribution in [0, 0.1) is 5.92 Å². The van der Waals surface area contributed by atoms with Crippen molar-refractivity contribution in [3.8, 4) is 0 Å². The van der Waals surface area contributed by atoms with Gasteiger partial charge in [0.2, 0.25) is 5.91 Å². The fourth-order valence-corrected chi connectivity index (χ4v) is 6.58. The lowest BCUT2D eigenvalue weighted by Crippen LogP contribution is -2.47. The molecule has 176 valence electrons. The monoisotopic (exact) mass is 476 g/mol. The van der Waals surface area contributed by atoms with Gasteiger partial charge in [0.1, 0.15) is 22.8 Å². The van der Waals surface area contributed by atoms with Crippen LogP contribution in [0.1, 0.15) is 29.7 Å². The van der Waals surface area contributed by atoms with E-state index >= 15 is 0 Å². The summed E-state index contributed by atoms with van der Waals surface area (Å²) in [5.74, 6) is 1.88. The Bertz CT molecular complexity index is 1350.